The molecule has 0 aliphatic heterocycles. The molecule has 0 spiro atoms. The molecule has 0 aromatic carbocycles. The van der Waals surface area contributed by atoms with Crippen molar-refractivity contribution in [3.05, 3.63) is 32.0 Å². The summed E-state index contributed by atoms with van der Waals surface area (Å²) < 4.78 is 8.82. The van der Waals surface area contributed by atoms with Crippen LogP contribution in [0.4, 0.5) is 0 Å². The quantitative estimate of drug-likeness (QED) is 0.636. The fraction of sp³-hybridized carbons (Fsp3) is 0.667. The Balaban J connectivity index is 3.78. The van der Waals surface area contributed by atoms with E-state index in [0.29, 0.717) is 11.1 Å². The average molecular weight is 226 g/mol. The monoisotopic (exact) mass is 226 g/mol. The van der Waals surface area contributed by atoms with Crippen LogP contribution in [0.2, 0.25) is 0 Å². The molecule has 0 bridgehead atoms. The molecule has 16 heavy (non-hydrogen) atoms. The molecule has 0 N–H and O–H groups in total. The molecule has 4 heteroatoms. The van der Waals surface area contributed by atoms with Crippen molar-refractivity contribution in [3.8, 4) is 0 Å². The molecule has 4 nitrogen and oxygen atoms in total. The van der Waals surface area contributed by atoms with Crippen LogP contribution in [0.3, 0.4) is 0 Å². The third-order valence-corrected chi connectivity index (χ3v) is 2.35. The maximum Gasteiger partial charge on any atom is 0.383 e. The van der Waals surface area contributed by atoms with Gasteiger partial charge in [-0.3, -0.25) is 0 Å². The summed E-state index contributed by atoms with van der Waals surface area (Å²) in [5.74, 6) is 0. The average Bonchev–Trinajstić information content (AvgIpc) is 2.04. The van der Waals surface area contributed by atoms with Gasteiger partial charge in [0.2, 0.25) is 0 Å². The summed E-state index contributed by atoms with van der Waals surface area (Å²) in [4.78, 5) is 23.4. The molecular weight excluding hydrogens is 208 g/mol. The van der Waals surface area contributed by atoms with Crippen molar-refractivity contribution in [2.75, 3.05) is 0 Å². The van der Waals surface area contributed by atoms with E-state index < -0.39 is 22.1 Å². The first kappa shape index (κ1) is 12.7. The van der Waals surface area contributed by atoms with Crippen LogP contribution in [-0.2, 0) is 10.8 Å². The first-order valence-corrected chi connectivity index (χ1v) is 5.23. The van der Waals surface area contributed by atoms with Crippen molar-refractivity contribution in [3.63, 3.8) is 0 Å². The van der Waals surface area contributed by atoms with E-state index in [1.807, 2.05) is 41.5 Å². The highest BCUT2D eigenvalue weighted by Crippen LogP contribution is 2.28. The van der Waals surface area contributed by atoms with Gasteiger partial charge in [-0.2, -0.15) is 0 Å². The molecule has 1 rings (SSSR count). The van der Waals surface area contributed by atoms with Gasteiger partial charge in [0, 0.05) is 0 Å². The summed E-state index contributed by atoms with van der Waals surface area (Å²) in [6.45, 7) is 11.2. The molecule has 0 amide bonds. The Morgan fingerprint density at radius 3 is 1.12 bits per heavy atom. The molecule has 0 saturated carbocycles. The van der Waals surface area contributed by atoms with E-state index in [2.05, 4.69) is 9.15 Å². The minimum Gasteiger partial charge on any atom is -0.242 e. The van der Waals surface area contributed by atoms with Crippen LogP contribution >= 0.6 is 0 Å². The first-order valence-electron chi connectivity index (χ1n) is 5.23. The van der Waals surface area contributed by atoms with Crippen LogP contribution in [0.1, 0.15) is 52.7 Å². The molecule has 0 aliphatic carbocycles. The predicted octanol–water partition coefficient (Wildman–Crippen LogP) is 2.19. The maximum absolute atomic E-state index is 11.7. The minimum atomic E-state index is -0.572. The van der Waals surface area contributed by atoms with E-state index in [4.69, 9.17) is 0 Å². The predicted molar refractivity (Wildman–Crippen MR) is 60.9 cm³/mol. The van der Waals surface area contributed by atoms with Gasteiger partial charge in [-0.15, -0.1) is 0 Å². The van der Waals surface area contributed by atoms with Crippen LogP contribution in [0.25, 0.3) is 0 Å². The Bertz CT molecular complexity index is 444. The summed E-state index contributed by atoms with van der Waals surface area (Å²) in [7, 11) is 0. The molecule has 1 heterocycles. The SMILES string of the molecule is CC(C)(C)c1c(C(C)(C)C)c(=O)ooc1=O. The van der Waals surface area contributed by atoms with E-state index in [1.165, 1.54) is 0 Å². The first-order chi connectivity index (χ1) is 7.05. The van der Waals surface area contributed by atoms with Crippen LogP contribution in [0.5, 0.6) is 0 Å². The lowest BCUT2D eigenvalue weighted by Gasteiger charge is -2.25. The minimum absolute atomic E-state index is 0.399. The molecule has 1 aromatic heterocycles. The molecular formula is C12H18O4. The summed E-state index contributed by atoms with van der Waals surface area (Å²) in [5, 5.41) is 0. The Kier molecular flexibility index (Phi) is 2.88. The maximum atomic E-state index is 11.7. The van der Waals surface area contributed by atoms with E-state index in [1.54, 1.807) is 0 Å². The second-order valence-corrected chi connectivity index (χ2v) is 5.99. The highest BCUT2D eigenvalue weighted by atomic mass is 17.0. The highest BCUT2D eigenvalue weighted by molar-refractivity contribution is 5.32. The largest absolute Gasteiger partial charge is 0.383 e. The molecule has 0 saturated heterocycles. The fourth-order valence-electron chi connectivity index (χ4n) is 1.73. The van der Waals surface area contributed by atoms with Crippen LogP contribution < -0.4 is 11.3 Å². The van der Waals surface area contributed by atoms with Crippen LogP contribution in [-0.4, -0.2) is 0 Å². The molecule has 0 aliphatic rings. The molecule has 1 aromatic rings. The fourth-order valence-corrected chi connectivity index (χ4v) is 1.73. The second-order valence-electron chi connectivity index (χ2n) is 5.99. The zero-order chi connectivity index (χ0) is 12.7. The topological polar surface area (TPSA) is 60.4 Å². The second kappa shape index (κ2) is 3.61. The zero-order valence-electron chi connectivity index (χ0n) is 10.6. The van der Waals surface area contributed by atoms with Crippen molar-refractivity contribution >= 4 is 0 Å². The van der Waals surface area contributed by atoms with Gasteiger partial charge in [0.25, 0.3) is 0 Å². The van der Waals surface area contributed by atoms with Gasteiger partial charge in [-0.25, -0.2) is 18.7 Å². The van der Waals surface area contributed by atoms with Crippen molar-refractivity contribution in [1.82, 2.24) is 0 Å². The van der Waals surface area contributed by atoms with Crippen molar-refractivity contribution < 1.29 is 9.15 Å². The third-order valence-electron chi connectivity index (χ3n) is 2.35. The summed E-state index contributed by atoms with van der Waals surface area (Å²) >= 11 is 0. The van der Waals surface area contributed by atoms with Crippen molar-refractivity contribution in [1.29, 1.82) is 0 Å². The zero-order valence-corrected chi connectivity index (χ0v) is 10.6. The lowest BCUT2D eigenvalue weighted by molar-refractivity contribution is 0.0100. The van der Waals surface area contributed by atoms with Gasteiger partial charge < -0.3 is 0 Å². The van der Waals surface area contributed by atoms with Gasteiger partial charge in [-0.05, 0) is 10.8 Å². The molecule has 0 fully saturated rings. The van der Waals surface area contributed by atoms with Gasteiger partial charge >= 0.3 is 11.3 Å². The third kappa shape index (κ3) is 2.26. The number of hydrogen-bond donors (Lipinski definition) is 0. The van der Waals surface area contributed by atoms with Crippen LogP contribution in [0, 0.1) is 0 Å². The Hall–Kier alpha value is -1.32. The standard InChI is InChI=1S/C12H18O4/c1-11(2,3)7-8(12(4,5)6)10(14)16-15-9(7)13/h1-6H3. The number of hydrogen-bond acceptors (Lipinski definition) is 4. The lowest BCUT2D eigenvalue weighted by Crippen LogP contribution is -2.35. The van der Waals surface area contributed by atoms with E-state index in [9.17, 15) is 9.59 Å². The van der Waals surface area contributed by atoms with Gasteiger partial charge in [0.05, 0.1) is 11.1 Å². The lowest BCUT2D eigenvalue weighted by atomic mass is 9.77. The smallest absolute Gasteiger partial charge is 0.242 e. The van der Waals surface area contributed by atoms with Gasteiger partial charge in [-0.1, -0.05) is 41.5 Å². The highest BCUT2D eigenvalue weighted by Gasteiger charge is 2.32. The van der Waals surface area contributed by atoms with Crippen molar-refractivity contribution in [2.24, 2.45) is 0 Å². The van der Waals surface area contributed by atoms with E-state index in [0.717, 1.165) is 0 Å². The molecule has 0 radical (unpaired) electrons. The van der Waals surface area contributed by atoms with Crippen molar-refractivity contribution in [2.45, 2.75) is 52.4 Å². The van der Waals surface area contributed by atoms with Crippen LogP contribution in [0.15, 0.2) is 18.7 Å². The summed E-state index contributed by atoms with van der Waals surface area (Å²) in [6.07, 6.45) is 0. The van der Waals surface area contributed by atoms with E-state index >= 15 is 0 Å². The summed E-state index contributed by atoms with van der Waals surface area (Å²) in [6, 6.07) is 0. The Labute approximate surface area is 94.2 Å². The Morgan fingerprint density at radius 1 is 0.688 bits per heavy atom. The molecule has 0 atom stereocenters. The Morgan fingerprint density at radius 2 is 0.938 bits per heavy atom. The normalized spacial score (nSPS) is 12.9. The van der Waals surface area contributed by atoms with Gasteiger partial charge in [0.15, 0.2) is 0 Å². The summed E-state index contributed by atoms with van der Waals surface area (Å²) in [5.41, 5.74) is -1.24. The van der Waals surface area contributed by atoms with E-state index in [-0.39, 0.29) is 0 Å². The molecule has 90 valence electrons. The van der Waals surface area contributed by atoms with Gasteiger partial charge in [0.1, 0.15) is 0 Å². The number of rotatable bonds is 0. The molecule has 0 unspecified atom stereocenters.